The first-order chi connectivity index (χ1) is 14.5. The minimum Gasteiger partial charge on any atom is -0.503 e. The zero-order chi connectivity index (χ0) is 21.8. The molecule has 2 heterocycles. The van der Waals surface area contributed by atoms with Gasteiger partial charge in [-0.05, 0) is 29.3 Å². The van der Waals surface area contributed by atoms with E-state index < -0.39 is 17.7 Å². The number of pyridine rings is 1. The van der Waals surface area contributed by atoms with Crippen molar-refractivity contribution in [3.05, 3.63) is 59.1 Å². The SMILES string of the molecule is CCC(=O)C1=C(O)C(=O)N(Cc2cccnc2)C1c1cc(OC)c(OC)c(OC)c1. The summed E-state index contributed by atoms with van der Waals surface area (Å²) < 4.78 is 16.2. The standard InChI is InChI=1S/C22H24N2O6/c1-5-15(25)18-19(14-9-16(28-2)21(30-4)17(10-14)29-3)24(22(27)20(18)26)12-13-7-6-8-23-11-13/h6-11,19,26H,5,12H2,1-4H3. The van der Waals surface area contributed by atoms with Gasteiger partial charge >= 0.3 is 0 Å². The molecule has 0 saturated carbocycles. The van der Waals surface area contributed by atoms with Crippen LogP contribution >= 0.6 is 0 Å². The fourth-order valence-corrected chi connectivity index (χ4v) is 3.59. The van der Waals surface area contributed by atoms with E-state index in [9.17, 15) is 14.7 Å². The highest BCUT2D eigenvalue weighted by Gasteiger charge is 2.43. The van der Waals surface area contributed by atoms with Crippen LogP contribution in [0.3, 0.4) is 0 Å². The zero-order valence-corrected chi connectivity index (χ0v) is 17.3. The van der Waals surface area contributed by atoms with Crippen LogP contribution < -0.4 is 14.2 Å². The molecule has 0 saturated heterocycles. The van der Waals surface area contributed by atoms with Gasteiger partial charge < -0.3 is 24.2 Å². The summed E-state index contributed by atoms with van der Waals surface area (Å²) in [5, 5.41) is 10.6. The molecule has 1 amide bonds. The molecule has 2 aromatic rings. The highest BCUT2D eigenvalue weighted by atomic mass is 16.5. The number of Topliss-reactive ketones (excluding diaryl/α,β-unsaturated/α-hetero) is 1. The maximum absolute atomic E-state index is 12.9. The van der Waals surface area contributed by atoms with Crippen molar-refractivity contribution in [3.8, 4) is 17.2 Å². The van der Waals surface area contributed by atoms with Gasteiger partial charge in [-0.2, -0.15) is 0 Å². The molecule has 1 aromatic carbocycles. The van der Waals surface area contributed by atoms with E-state index in [1.54, 1.807) is 37.5 Å². The summed E-state index contributed by atoms with van der Waals surface area (Å²) in [6.07, 6.45) is 3.41. The number of aliphatic hydroxyl groups excluding tert-OH is 1. The number of hydrogen-bond acceptors (Lipinski definition) is 7. The molecule has 0 bridgehead atoms. The van der Waals surface area contributed by atoms with E-state index in [0.29, 0.717) is 22.8 Å². The Morgan fingerprint density at radius 3 is 2.33 bits per heavy atom. The highest BCUT2D eigenvalue weighted by Crippen LogP contribution is 2.45. The van der Waals surface area contributed by atoms with Crippen LogP contribution in [-0.2, 0) is 16.1 Å². The quantitative estimate of drug-likeness (QED) is 0.712. The molecule has 1 atom stereocenters. The third kappa shape index (κ3) is 3.68. The molecule has 0 spiro atoms. The highest BCUT2D eigenvalue weighted by molar-refractivity contribution is 6.08. The number of ether oxygens (including phenoxy) is 3. The lowest BCUT2D eigenvalue weighted by molar-refractivity contribution is -0.130. The molecule has 30 heavy (non-hydrogen) atoms. The van der Waals surface area contributed by atoms with Gasteiger partial charge in [-0.1, -0.05) is 13.0 Å². The van der Waals surface area contributed by atoms with Crippen molar-refractivity contribution in [2.45, 2.75) is 25.9 Å². The van der Waals surface area contributed by atoms with Crippen LogP contribution in [0.1, 0.15) is 30.5 Å². The largest absolute Gasteiger partial charge is 0.503 e. The summed E-state index contributed by atoms with van der Waals surface area (Å²) in [6.45, 7) is 1.85. The maximum Gasteiger partial charge on any atom is 0.290 e. The van der Waals surface area contributed by atoms with Crippen LogP contribution in [0.4, 0.5) is 0 Å². The van der Waals surface area contributed by atoms with E-state index >= 15 is 0 Å². The van der Waals surface area contributed by atoms with Crippen LogP contribution in [0.15, 0.2) is 48.0 Å². The van der Waals surface area contributed by atoms with E-state index in [0.717, 1.165) is 5.56 Å². The van der Waals surface area contributed by atoms with E-state index in [1.807, 2.05) is 6.07 Å². The monoisotopic (exact) mass is 412 g/mol. The number of carbonyl (C=O) groups excluding carboxylic acids is 2. The Morgan fingerprint density at radius 2 is 1.83 bits per heavy atom. The second-order valence-electron chi connectivity index (χ2n) is 6.69. The molecule has 0 fully saturated rings. The molecule has 1 unspecified atom stereocenters. The molecule has 8 heteroatoms. The summed E-state index contributed by atoms with van der Waals surface area (Å²) in [5.41, 5.74) is 1.38. The minimum absolute atomic E-state index is 0.0562. The lowest BCUT2D eigenvalue weighted by Gasteiger charge is -2.28. The van der Waals surface area contributed by atoms with E-state index in [2.05, 4.69) is 4.98 Å². The van der Waals surface area contributed by atoms with Crippen LogP contribution in [0.5, 0.6) is 17.2 Å². The van der Waals surface area contributed by atoms with Crippen molar-refractivity contribution >= 4 is 11.7 Å². The molecule has 1 aromatic heterocycles. The van der Waals surface area contributed by atoms with E-state index in [1.165, 1.54) is 26.2 Å². The first-order valence-corrected chi connectivity index (χ1v) is 9.42. The lowest BCUT2D eigenvalue weighted by atomic mass is 9.94. The Kier molecular flexibility index (Phi) is 6.25. The van der Waals surface area contributed by atoms with Crippen LogP contribution in [-0.4, -0.2) is 48.0 Å². The van der Waals surface area contributed by atoms with Crippen LogP contribution in [0, 0.1) is 0 Å². The fourth-order valence-electron chi connectivity index (χ4n) is 3.59. The third-order valence-electron chi connectivity index (χ3n) is 5.00. The van der Waals surface area contributed by atoms with Gasteiger partial charge in [-0.3, -0.25) is 14.6 Å². The molecule has 158 valence electrons. The number of aromatic nitrogens is 1. The van der Waals surface area contributed by atoms with Crippen molar-refractivity contribution in [2.75, 3.05) is 21.3 Å². The number of aliphatic hydroxyl groups is 1. The summed E-state index contributed by atoms with van der Waals surface area (Å²) in [6, 6.07) is 6.13. The van der Waals surface area contributed by atoms with Crippen molar-refractivity contribution in [2.24, 2.45) is 0 Å². The normalized spacial score (nSPS) is 16.1. The Morgan fingerprint density at radius 1 is 1.17 bits per heavy atom. The molecule has 0 radical (unpaired) electrons. The summed E-state index contributed by atoms with van der Waals surface area (Å²) in [4.78, 5) is 31.1. The number of benzene rings is 1. The molecule has 1 N–H and O–H groups in total. The second-order valence-corrected chi connectivity index (χ2v) is 6.69. The number of nitrogens with zero attached hydrogens (tertiary/aromatic N) is 2. The van der Waals surface area contributed by atoms with Gasteiger partial charge in [0.1, 0.15) is 0 Å². The number of hydrogen-bond donors (Lipinski definition) is 1. The topological polar surface area (TPSA) is 98.2 Å². The van der Waals surface area contributed by atoms with Crippen LogP contribution in [0.25, 0.3) is 0 Å². The van der Waals surface area contributed by atoms with Crippen LogP contribution in [0.2, 0.25) is 0 Å². The Balaban J connectivity index is 2.17. The van der Waals surface area contributed by atoms with E-state index in [4.69, 9.17) is 14.2 Å². The van der Waals surface area contributed by atoms with Crippen molar-refractivity contribution in [3.63, 3.8) is 0 Å². The zero-order valence-electron chi connectivity index (χ0n) is 17.3. The lowest BCUT2D eigenvalue weighted by Crippen LogP contribution is -2.30. The summed E-state index contributed by atoms with van der Waals surface area (Å²) in [5.74, 6) is -0.304. The number of amides is 1. The van der Waals surface area contributed by atoms with Gasteiger partial charge in [0.25, 0.3) is 5.91 Å². The average Bonchev–Trinajstić information content (AvgIpc) is 3.03. The first-order valence-electron chi connectivity index (χ1n) is 9.42. The van der Waals surface area contributed by atoms with E-state index in [-0.39, 0.29) is 24.3 Å². The number of rotatable bonds is 8. The van der Waals surface area contributed by atoms with Gasteiger partial charge in [0.05, 0.1) is 32.9 Å². The number of carbonyl (C=O) groups is 2. The van der Waals surface area contributed by atoms with Crippen molar-refractivity contribution < 1.29 is 28.9 Å². The Labute approximate surface area is 174 Å². The Hall–Kier alpha value is -3.55. The minimum atomic E-state index is -0.807. The molecular formula is C22H24N2O6. The van der Waals surface area contributed by atoms with Crippen molar-refractivity contribution in [1.29, 1.82) is 0 Å². The van der Waals surface area contributed by atoms with Gasteiger partial charge in [0.2, 0.25) is 5.75 Å². The molecule has 8 nitrogen and oxygen atoms in total. The summed E-state index contributed by atoms with van der Waals surface area (Å²) in [7, 11) is 4.46. The van der Waals surface area contributed by atoms with Gasteiger partial charge in [0.15, 0.2) is 23.0 Å². The molecule has 1 aliphatic rings. The molecule has 1 aliphatic heterocycles. The van der Waals surface area contributed by atoms with Gasteiger partial charge in [-0.25, -0.2) is 0 Å². The third-order valence-corrected chi connectivity index (χ3v) is 5.00. The first kappa shape index (κ1) is 21.2. The second kappa shape index (κ2) is 8.86. The Bertz CT molecular complexity index is 961. The van der Waals surface area contributed by atoms with Crippen molar-refractivity contribution in [1.82, 2.24) is 9.88 Å². The predicted molar refractivity (Wildman–Crippen MR) is 109 cm³/mol. The molecule has 3 rings (SSSR count). The molecule has 0 aliphatic carbocycles. The smallest absolute Gasteiger partial charge is 0.290 e. The number of methoxy groups -OCH3 is 3. The maximum atomic E-state index is 12.9. The van der Waals surface area contributed by atoms with Gasteiger partial charge in [-0.15, -0.1) is 0 Å². The average molecular weight is 412 g/mol. The number of ketones is 1. The summed E-state index contributed by atoms with van der Waals surface area (Å²) >= 11 is 0. The van der Waals surface area contributed by atoms with Gasteiger partial charge in [0, 0.05) is 25.4 Å². The molecular weight excluding hydrogens is 388 g/mol. The fraction of sp³-hybridized carbons (Fsp3) is 0.318. The predicted octanol–water partition coefficient (Wildman–Crippen LogP) is 2.98.